The maximum Gasteiger partial charge on any atom is 0.308 e. The predicted molar refractivity (Wildman–Crippen MR) is 87.6 cm³/mol. The van der Waals surface area contributed by atoms with Crippen LogP contribution in [0.4, 0.5) is 11.4 Å². The van der Waals surface area contributed by atoms with Crippen molar-refractivity contribution in [3.8, 4) is 6.07 Å². The SMILES string of the molecule is N#C/C(=N\Nc1ccc(N2CCCC(C(=O)O)C2)cc1)C(=N)N. The lowest BCUT2D eigenvalue weighted by Gasteiger charge is -2.32. The van der Waals surface area contributed by atoms with Crippen LogP contribution < -0.4 is 16.1 Å². The van der Waals surface area contributed by atoms with Gasteiger partial charge in [0.2, 0.25) is 5.71 Å². The maximum absolute atomic E-state index is 11.1. The molecule has 1 aromatic rings. The average Bonchev–Trinajstić information content (AvgIpc) is 2.56. The van der Waals surface area contributed by atoms with E-state index in [2.05, 4.69) is 10.5 Å². The molecule has 0 amide bonds. The molecule has 1 aliphatic heterocycles. The zero-order valence-corrected chi connectivity index (χ0v) is 12.5. The molecule has 0 aliphatic carbocycles. The number of aliphatic carboxylic acids is 1. The first-order chi connectivity index (χ1) is 11.0. The van der Waals surface area contributed by atoms with Crippen molar-refractivity contribution in [3.63, 3.8) is 0 Å². The highest BCUT2D eigenvalue weighted by Gasteiger charge is 2.25. The molecule has 0 saturated carbocycles. The number of benzene rings is 1. The molecule has 1 atom stereocenters. The van der Waals surface area contributed by atoms with Crippen molar-refractivity contribution in [1.82, 2.24) is 0 Å². The number of carbonyl (C=O) groups is 1. The molecule has 0 aromatic heterocycles. The fraction of sp³-hybridized carbons (Fsp3) is 0.333. The normalized spacial score (nSPS) is 18.1. The number of hydrogen-bond acceptors (Lipinski definition) is 6. The van der Waals surface area contributed by atoms with E-state index in [0.29, 0.717) is 18.7 Å². The summed E-state index contributed by atoms with van der Waals surface area (Å²) in [5.41, 5.74) is 9.28. The van der Waals surface area contributed by atoms with E-state index in [-0.39, 0.29) is 11.6 Å². The topological polar surface area (TPSA) is 139 Å². The van der Waals surface area contributed by atoms with E-state index in [9.17, 15) is 4.79 Å². The first-order valence-electron chi connectivity index (χ1n) is 7.17. The van der Waals surface area contributed by atoms with E-state index in [1.54, 1.807) is 18.2 Å². The number of carboxylic acids is 1. The molecule has 8 nitrogen and oxygen atoms in total. The van der Waals surface area contributed by atoms with E-state index in [0.717, 1.165) is 18.7 Å². The number of anilines is 2. The van der Waals surface area contributed by atoms with Crippen molar-refractivity contribution in [2.24, 2.45) is 16.8 Å². The van der Waals surface area contributed by atoms with Gasteiger partial charge in [-0.3, -0.25) is 15.6 Å². The smallest absolute Gasteiger partial charge is 0.308 e. The van der Waals surface area contributed by atoms with Crippen LogP contribution in [0.3, 0.4) is 0 Å². The molecule has 8 heteroatoms. The number of nitrogens with one attached hydrogen (secondary N) is 2. The molecule has 23 heavy (non-hydrogen) atoms. The van der Waals surface area contributed by atoms with Crippen LogP contribution in [-0.2, 0) is 4.79 Å². The molecular weight excluding hydrogens is 296 g/mol. The summed E-state index contributed by atoms with van der Waals surface area (Å²) >= 11 is 0. The Balaban J connectivity index is 2.03. The van der Waals surface area contributed by atoms with Gasteiger partial charge in [0, 0.05) is 18.8 Å². The monoisotopic (exact) mass is 314 g/mol. The number of carboxylic acid groups (broad SMARTS) is 1. The summed E-state index contributed by atoms with van der Waals surface area (Å²) in [7, 11) is 0. The highest BCUT2D eigenvalue weighted by molar-refractivity contribution is 6.45. The molecule has 1 aliphatic rings. The van der Waals surface area contributed by atoms with Gasteiger partial charge in [0.05, 0.1) is 11.6 Å². The fourth-order valence-corrected chi connectivity index (χ4v) is 2.43. The molecule has 1 unspecified atom stereocenters. The van der Waals surface area contributed by atoms with E-state index in [4.69, 9.17) is 21.5 Å². The minimum Gasteiger partial charge on any atom is -0.481 e. The van der Waals surface area contributed by atoms with Gasteiger partial charge in [0.1, 0.15) is 6.07 Å². The van der Waals surface area contributed by atoms with Crippen molar-refractivity contribution in [3.05, 3.63) is 24.3 Å². The van der Waals surface area contributed by atoms with Gasteiger partial charge in [-0.2, -0.15) is 10.4 Å². The lowest BCUT2D eigenvalue weighted by molar-refractivity contribution is -0.141. The second-order valence-electron chi connectivity index (χ2n) is 5.27. The van der Waals surface area contributed by atoms with E-state index in [1.165, 1.54) is 0 Å². The Morgan fingerprint density at radius 1 is 1.48 bits per heavy atom. The van der Waals surface area contributed by atoms with Crippen molar-refractivity contribution in [2.45, 2.75) is 12.8 Å². The van der Waals surface area contributed by atoms with Crippen LogP contribution in [0.5, 0.6) is 0 Å². The standard InChI is InChI=1S/C15H18N6O2/c16-8-13(14(17)18)20-19-11-3-5-12(6-4-11)21-7-1-2-10(9-21)15(22)23/h3-6,10,19H,1-2,7,9H2,(H3,17,18)(H,22,23)/b20-13+. The zero-order chi connectivity index (χ0) is 16.8. The Morgan fingerprint density at radius 3 is 2.74 bits per heavy atom. The minimum absolute atomic E-state index is 0.186. The number of nitrogens with zero attached hydrogens (tertiary/aromatic N) is 3. The Bertz CT molecular complexity index is 662. The zero-order valence-electron chi connectivity index (χ0n) is 12.5. The van der Waals surface area contributed by atoms with Gasteiger partial charge in [-0.15, -0.1) is 0 Å². The molecule has 5 N–H and O–H groups in total. The summed E-state index contributed by atoms with van der Waals surface area (Å²) in [6, 6.07) is 9.00. The molecule has 1 saturated heterocycles. The second kappa shape index (κ2) is 7.26. The molecule has 1 aromatic carbocycles. The Labute approximate surface area is 133 Å². The van der Waals surface area contributed by atoms with Crippen LogP contribution in [0.15, 0.2) is 29.4 Å². The van der Waals surface area contributed by atoms with Gasteiger partial charge in [0.25, 0.3) is 0 Å². The largest absolute Gasteiger partial charge is 0.481 e. The second-order valence-corrected chi connectivity index (χ2v) is 5.27. The molecule has 1 heterocycles. The van der Waals surface area contributed by atoms with Crippen LogP contribution in [0.1, 0.15) is 12.8 Å². The molecule has 0 spiro atoms. The first-order valence-corrected chi connectivity index (χ1v) is 7.17. The van der Waals surface area contributed by atoms with Crippen molar-refractivity contribution in [1.29, 1.82) is 10.7 Å². The lowest BCUT2D eigenvalue weighted by Crippen LogP contribution is -2.38. The summed E-state index contributed by atoms with van der Waals surface area (Å²) in [4.78, 5) is 13.2. The fourth-order valence-electron chi connectivity index (χ4n) is 2.43. The molecule has 2 rings (SSSR count). The highest BCUT2D eigenvalue weighted by atomic mass is 16.4. The molecule has 1 fully saturated rings. The van der Waals surface area contributed by atoms with Gasteiger partial charge < -0.3 is 15.7 Å². The van der Waals surface area contributed by atoms with E-state index < -0.39 is 11.8 Å². The Morgan fingerprint density at radius 2 is 2.17 bits per heavy atom. The van der Waals surface area contributed by atoms with Crippen LogP contribution in [0, 0.1) is 22.7 Å². The third-order valence-corrected chi connectivity index (χ3v) is 3.66. The van der Waals surface area contributed by atoms with Gasteiger partial charge in [-0.05, 0) is 37.1 Å². The average molecular weight is 314 g/mol. The van der Waals surface area contributed by atoms with Crippen LogP contribution in [0.2, 0.25) is 0 Å². The third-order valence-electron chi connectivity index (χ3n) is 3.66. The van der Waals surface area contributed by atoms with Crippen molar-refractivity contribution in [2.75, 3.05) is 23.4 Å². The summed E-state index contributed by atoms with van der Waals surface area (Å²) in [6.45, 7) is 1.33. The highest BCUT2D eigenvalue weighted by Crippen LogP contribution is 2.24. The quantitative estimate of drug-likeness (QED) is 0.366. The Hall–Kier alpha value is -3.08. The van der Waals surface area contributed by atoms with E-state index in [1.807, 2.05) is 17.0 Å². The van der Waals surface area contributed by atoms with Gasteiger partial charge >= 0.3 is 5.97 Å². The number of amidine groups is 1. The summed E-state index contributed by atoms with van der Waals surface area (Å²) in [5, 5.41) is 28.8. The molecular formula is C15H18N6O2. The number of hydrogen-bond donors (Lipinski definition) is 4. The number of nitrogens with two attached hydrogens (primary N) is 1. The summed E-state index contributed by atoms with van der Waals surface area (Å²) < 4.78 is 0. The van der Waals surface area contributed by atoms with Gasteiger partial charge in [-0.1, -0.05) is 0 Å². The number of rotatable bonds is 5. The van der Waals surface area contributed by atoms with Crippen LogP contribution in [0.25, 0.3) is 0 Å². The van der Waals surface area contributed by atoms with Gasteiger partial charge in [0.15, 0.2) is 5.84 Å². The number of hydrazone groups is 1. The van der Waals surface area contributed by atoms with Crippen LogP contribution in [-0.4, -0.2) is 35.7 Å². The summed E-state index contributed by atoms with van der Waals surface area (Å²) in [6.07, 6.45) is 1.56. The Kier molecular flexibility index (Phi) is 5.15. The first kappa shape index (κ1) is 16.3. The predicted octanol–water partition coefficient (Wildman–Crippen LogP) is 1.22. The van der Waals surface area contributed by atoms with Crippen LogP contribution >= 0.6 is 0 Å². The third kappa shape index (κ3) is 4.20. The molecule has 120 valence electrons. The number of nitriles is 1. The van der Waals surface area contributed by atoms with E-state index >= 15 is 0 Å². The molecule has 0 radical (unpaired) electrons. The van der Waals surface area contributed by atoms with Crippen molar-refractivity contribution >= 4 is 28.9 Å². The minimum atomic E-state index is -0.754. The lowest BCUT2D eigenvalue weighted by atomic mass is 9.98. The number of piperidine rings is 1. The maximum atomic E-state index is 11.1. The van der Waals surface area contributed by atoms with Crippen molar-refractivity contribution < 1.29 is 9.90 Å². The summed E-state index contributed by atoms with van der Waals surface area (Å²) in [5.74, 6) is -1.49. The molecule has 0 bridgehead atoms. The van der Waals surface area contributed by atoms with Gasteiger partial charge in [-0.25, -0.2) is 0 Å².